The fourth-order valence-corrected chi connectivity index (χ4v) is 2.97. The number of nitrogens with zero attached hydrogens (tertiary/aromatic N) is 3. The smallest absolute Gasteiger partial charge is 0.322 e. The second-order valence-electron chi connectivity index (χ2n) is 4.45. The van der Waals surface area contributed by atoms with Crippen LogP contribution >= 0.6 is 11.8 Å². The van der Waals surface area contributed by atoms with Crippen molar-refractivity contribution in [3.05, 3.63) is 0 Å². The Labute approximate surface area is 106 Å². The third-order valence-corrected chi connectivity index (χ3v) is 3.73. The second kappa shape index (κ2) is 5.53. The highest BCUT2D eigenvalue weighted by Crippen LogP contribution is 2.33. The Kier molecular flexibility index (Phi) is 4.04. The summed E-state index contributed by atoms with van der Waals surface area (Å²) >= 11 is 1.68. The van der Waals surface area contributed by atoms with Crippen LogP contribution in [0.5, 0.6) is 6.01 Å². The number of hydrogen-bond donors (Lipinski definition) is 1. The van der Waals surface area contributed by atoms with Crippen molar-refractivity contribution in [2.75, 3.05) is 5.73 Å². The van der Waals surface area contributed by atoms with Crippen LogP contribution in [0.25, 0.3) is 0 Å². The first-order chi connectivity index (χ1) is 8.13. The van der Waals surface area contributed by atoms with Crippen molar-refractivity contribution in [2.24, 2.45) is 0 Å². The maximum absolute atomic E-state index is 5.65. The van der Waals surface area contributed by atoms with E-state index in [9.17, 15) is 0 Å². The van der Waals surface area contributed by atoms with Gasteiger partial charge in [0, 0.05) is 5.25 Å². The lowest BCUT2D eigenvalue weighted by Crippen LogP contribution is -2.11. The molecule has 1 saturated carbocycles. The van der Waals surface area contributed by atoms with Gasteiger partial charge in [0.2, 0.25) is 5.95 Å². The molecule has 2 rings (SSSR count). The van der Waals surface area contributed by atoms with Crippen LogP contribution in [-0.2, 0) is 0 Å². The van der Waals surface area contributed by atoms with Gasteiger partial charge in [-0.1, -0.05) is 24.6 Å². The molecule has 5 nitrogen and oxygen atoms in total. The summed E-state index contributed by atoms with van der Waals surface area (Å²) in [5.41, 5.74) is 5.65. The van der Waals surface area contributed by atoms with E-state index in [0.29, 0.717) is 16.4 Å². The Bertz CT molecular complexity index is 380. The minimum absolute atomic E-state index is 0.0427. The zero-order valence-electron chi connectivity index (χ0n) is 10.2. The minimum atomic E-state index is 0.0427. The SMILES string of the molecule is CC(C)Oc1nc(N)nc(SC2CCCC2)n1. The lowest BCUT2D eigenvalue weighted by molar-refractivity contribution is 0.219. The lowest BCUT2D eigenvalue weighted by Gasteiger charge is -2.10. The van der Waals surface area contributed by atoms with Gasteiger partial charge in [0.25, 0.3) is 0 Å². The molecule has 0 unspecified atom stereocenters. The van der Waals surface area contributed by atoms with E-state index >= 15 is 0 Å². The Balaban J connectivity index is 2.07. The Morgan fingerprint density at radius 1 is 1.24 bits per heavy atom. The number of thioether (sulfide) groups is 1. The van der Waals surface area contributed by atoms with Crippen LogP contribution in [0.4, 0.5) is 5.95 Å². The van der Waals surface area contributed by atoms with Gasteiger partial charge in [-0.2, -0.15) is 15.0 Å². The van der Waals surface area contributed by atoms with Gasteiger partial charge in [-0.3, -0.25) is 0 Å². The van der Waals surface area contributed by atoms with Crippen LogP contribution in [-0.4, -0.2) is 26.3 Å². The average Bonchev–Trinajstić information content (AvgIpc) is 2.67. The highest BCUT2D eigenvalue weighted by atomic mass is 32.2. The third kappa shape index (κ3) is 3.73. The molecule has 0 bridgehead atoms. The first-order valence-electron chi connectivity index (χ1n) is 5.98. The van der Waals surface area contributed by atoms with E-state index in [2.05, 4.69) is 15.0 Å². The highest BCUT2D eigenvalue weighted by molar-refractivity contribution is 7.99. The summed E-state index contributed by atoms with van der Waals surface area (Å²) in [4.78, 5) is 12.4. The largest absolute Gasteiger partial charge is 0.461 e. The van der Waals surface area contributed by atoms with Gasteiger partial charge >= 0.3 is 6.01 Å². The predicted molar refractivity (Wildman–Crippen MR) is 68.1 cm³/mol. The van der Waals surface area contributed by atoms with Gasteiger partial charge in [0.05, 0.1) is 6.10 Å². The molecule has 0 saturated heterocycles. The zero-order valence-corrected chi connectivity index (χ0v) is 11.0. The minimum Gasteiger partial charge on any atom is -0.461 e. The molecule has 1 aliphatic carbocycles. The normalized spacial score (nSPS) is 16.6. The van der Waals surface area contributed by atoms with E-state index in [1.165, 1.54) is 25.7 Å². The first-order valence-corrected chi connectivity index (χ1v) is 6.86. The molecule has 1 fully saturated rings. The number of anilines is 1. The van der Waals surface area contributed by atoms with Crippen LogP contribution in [0.3, 0.4) is 0 Å². The van der Waals surface area contributed by atoms with Crippen molar-refractivity contribution in [1.82, 2.24) is 15.0 Å². The molecule has 94 valence electrons. The molecule has 1 aromatic rings. The van der Waals surface area contributed by atoms with Gasteiger partial charge in [-0.15, -0.1) is 0 Å². The topological polar surface area (TPSA) is 73.9 Å². The molecule has 17 heavy (non-hydrogen) atoms. The van der Waals surface area contributed by atoms with E-state index < -0.39 is 0 Å². The second-order valence-corrected chi connectivity index (χ2v) is 5.72. The number of nitrogen functional groups attached to an aromatic ring is 1. The maximum Gasteiger partial charge on any atom is 0.322 e. The highest BCUT2D eigenvalue weighted by Gasteiger charge is 2.18. The fourth-order valence-electron chi connectivity index (χ4n) is 1.82. The van der Waals surface area contributed by atoms with Crippen LogP contribution in [0.15, 0.2) is 5.16 Å². The molecule has 1 heterocycles. The predicted octanol–water partition coefficient (Wildman–Crippen LogP) is 2.28. The molecule has 0 amide bonds. The molecule has 2 N–H and O–H groups in total. The summed E-state index contributed by atoms with van der Waals surface area (Å²) in [6.45, 7) is 3.87. The van der Waals surface area contributed by atoms with Crippen molar-refractivity contribution in [1.29, 1.82) is 0 Å². The maximum atomic E-state index is 5.65. The number of ether oxygens (including phenoxy) is 1. The van der Waals surface area contributed by atoms with Crippen LogP contribution < -0.4 is 10.5 Å². The van der Waals surface area contributed by atoms with Crippen LogP contribution in [0, 0.1) is 0 Å². The Morgan fingerprint density at radius 3 is 2.59 bits per heavy atom. The molecule has 1 aliphatic rings. The molecule has 0 aromatic carbocycles. The molecular formula is C11H18N4OS. The summed E-state index contributed by atoms with van der Waals surface area (Å²) in [5.74, 6) is 0.233. The molecule has 1 aromatic heterocycles. The van der Waals surface area contributed by atoms with Crippen LogP contribution in [0.1, 0.15) is 39.5 Å². The summed E-state index contributed by atoms with van der Waals surface area (Å²) in [7, 11) is 0. The lowest BCUT2D eigenvalue weighted by atomic mass is 10.4. The number of rotatable bonds is 4. The average molecular weight is 254 g/mol. The van der Waals surface area contributed by atoms with E-state index in [1.54, 1.807) is 11.8 Å². The Morgan fingerprint density at radius 2 is 1.94 bits per heavy atom. The van der Waals surface area contributed by atoms with Crippen molar-refractivity contribution in [3.8, 4) is 6.01 Å². The van der Waals surface area contributed by atoms with Crippen molar-refractivity contribution >= 4 is 17.7 Å². The van der Waals surface area contributed by atoms with E-state index in [-0.39, 0.29) is 12.1 Å². The van der Waals surface area contributed by atoms with E-state index in [1.807, 2.05) is 13.8 Å². The quantitative estimate of drug-likeness (QED) is 0.888. The summed E-state index contributed by atoms with van der Waals surface area (Å²) in [5, 5.41) is 1.30. The number of aromatic nitrogens is 3. The third-order valence-electron chi connectivity index (χ3n) is 2.53. The summed E-state index contributed by atoms with van der Waals surface area (Å²) < 4.78 is 5.44. The molecule has 0 aliphatic heterocycles. The van der Waals surface area contributed by atoms with Gasteiger partial charge < -0.3 is 10.5 Å². The Hall–Kier alpha value is -1.04. The monoisotopic (exact) mass is 254 g/mol. The fraction of sp³-hybridized carbons (Fsp3) is 0.727. The standard InChI is InChI=1S/C11H18N4OS/c1-7(2)16-10-13-9(12)14-11(15-10)17-8-5-3-4-6-8/h7-8H,3-6H2,1-2H3,(H2,12,13,14,15). The van der Waals surface area contributed by atoms with Crippen molar-refractivity contribution in [3.63, 3.8) is 0 Å². The van der Waals surface area contributed by atoms with Gasteiger partial charge in [-0.25, -0.2) is 0 Å². The molecule has 6 heteroatoms. The number of hydrogen-bond acceptors (Lipinski definition) is 6. The first kappa shape index (κ1) is 12.4. The molecule has 0 atom stereocenters. The van der Waals surface area contributed by atoms with Gasteiger partial charge in [0.1, 0.15) is 0 Å². The van der Waals surface area contributed by atoms with Gasteiger partial charge in [-0.05, 0) is 26.7 Å². The van der Waals surface area contributed by atoms with Gasteiger partial charge in [0.15, 0.2) is 5.16 Å². The zero-order chi connectivity index (χ0) is 12.3. The van der Waals surface area contributed by atoms with E-state index in [0.717, 1.165) is 0 Å². The van der Waals surface area contributed by atoms with Crippen LogP contribution in [0.2, 0.25) is 0 Å². The molecular weight excluding hydrogens is 236 g/mol. The van der Waals surface area contributed by atoms with E-state index in [4.69, 9.17) is 10.5 Å². The number of nitrogens with two attached hydrogens (primary N) is 1. The molecule has 0 radical (unpaired) electrons. The van der Waals surface area contributed by atoms with Crippen molar-refractivity contribution in [2.45, 2.75) is 56.0 Å². The summed E-state index contributed by atoms with van der Waals surface area (Å²) in [6.07, 6.45) is 5.11. The van der Waals surface area contributed by atoms with Crippen molar-refractivity contribution < 1.29 is 4.74 Å². The molecule has 0 spiro atoms. The summed E-state index contributed by atoms with van der Waals surface area (Å²) in [6, 6.07) is 0.327.